The molecule has 142 valence electrons. The van der Waals surface area contributed by atoms with Crippen LogP contribution in [0, 0.1) is 5.92 Å². The number of carbonyl (C=O) groups excluding carboxylic acids is 1. The first-order valence-corrected chi connectivity index (χ1v) is 11.4. The number of rotatable bonds is 8. The summed E-state index contributed by atoms with van der Waals surface area (Å²) >= 11 is 2.91. The van der Waals surface area contributed by atoms with Crippen LogP contribution in [0.5, 0.6) is 0 Å². The second-order valence-electron chi connectivity index (χ2n) is 6.21. The molecule has 0 bridgehead atoms. The standard InChI is InChI=1S/C17H23N3O3S3/c1-12(2)17(14-6-5-9-24-14)19-15(21)11-25-16-8-7-13(10-18-16)26(22,23)20(3)4/h5-10,12,17H,11H2,1-4H3,(H,19,21). The van der Waals surface area contributed by atoms with E-state index in [1.54, 1.807) is 17.4 Å². The third-order valence-electron chi connectivity index (χ3n) is 3.67. The Morgan fingerprint density at radius 1 is 1.31 bits per heavy atom. The summed E-state index contributed by atoms with van der Waals surface area (Å²) in [5.74, 6) is 0.437. The highest BCUT2D eigenvalue weighted by molar-refractivity contribution is 7.99. The van der Waals surface area contributed by atoms with Crippen LogP contribution in [0.1, 0.15) is 24.8 Å². The zero-order valence-electron chi connectivity index (χ0n) is 15.2. The van der Waals surface area contributed by atoms with Gasteiger partial charge in [-0.1, -0.05) is 31.7 Å². The molecule has 1 atom stereocenters. The number of pyridine rings is 1. The molecule has 0 fully saturated rings. The molecule has 1 unspecified atom stereocenters. The Labute approximate surface area is 163 Å². The van der Waals surface area contributed by atoms with Gasteiger partial charge in [-0.15, -0.1) is 11.3 Å². The number of thiophene rings is 1. The number of sulfonamides is 1. The van der Waals surface area contributed by atoms with Gasteiger partial charge in [-0.25, -0.2) is 17.7 Å². The van der Waals surface area contributed by atoms with Crippen molar-refractivity contribution >= 4 is 39.0 Å². The summed E-state index contributed by atoms with van der Waals surface area (Å²) in [4.78, 5) is 17.7. The summed E-state index contributed by atoms with van der Waals surface area (Å²) in [7, 11) is -0.545. The van der Waals surface area contributed by atoms with Crippen LogP contribution in [0.25, 0.3) is 0 Å². The number of amides is 1. The Hall–Kier alpha value is -1.42. The highest BCUT2D eigenvalue weighted by Crippen LogP contribution is 2.26. The predicted molar refractivity (Wildman–Crippen MR) is 106 cm³/mol. The first kappa shape index (κ1) is 20.9. The minimum atomic E-state index is -3.49. The lowest BCUT2D eigenvalue weighted by Gasteiger charge is -2.21. The molecule has 2 heterocycles. The van der Waals surface area contributed by atoms with Crippen LogP contribution in [0.3, 0.4) is 0 Å². The van der Waals surface area contributed by atoms with Gasteiger partial charge in [-0.2, -0.15) is 0 Å². The number of hydrogen-bond donors (Lipinski definition) is 1. The topological polar surface area (TPSA) is 79.4 Å². The molecule has 2 rings (SSSR count). The molecule has 26 heavy (non-hydrogen) atoms. The van der Waals surface area contributed by atoms with Gasteiger partial charge in [0.1, 0.15) is 4.90 Å². The summed E-state index contributed by atoms with van der Waals surface area (Å²) in [6, 6.07) is 7.11. The molecule has 0 aliphatic heterocycles. The maximum Gasteiger partial charge on any atom is 0.244 e. The van der Waals surface area contributed by atoms with Gasteiger partial charge in [0.2, 0.25) is 15.9 Å². The molecular formula is C17H23N3O3S3. The van der Waals surface area contributed by atoms with Gasteiger partial charge in [0.15, 0.2) is 0 Å². The van der Waals surface area contributed by atoms with Gasteiger partial charge in [-0.05, 0) is 29.5 Å². The van der Waals surface area contributed by atoms with Crippen LogP contribution in [0.15, 0.2) is 45.8 Å². The number of thioether (sulfide) groups is 1. The van der Waals surface area contributed by atoms with Crippen LogP contribution in [0.2, 0.25) is 0 Å². The van der Waals surface area contributed by atoms with Gasteiger partial charge in [-0.3, -0.25) is 4.79 Å². The number of nitrogens with one attached hydrogen (secondary N) is 1. The van der Waals surface area contributed by atoms with Crippen molar-refractivity contribution in [2.45, 2.75) is 29.8 Å². The van der Waals surface area contributed by atoms with E-state index in [4.69, 9.17) is 0 Å². The van der Waals surface area contributed by atoms with E-state index in [1.165, 1.54) is 38.1 Å². The van der Waals surface area contributed by atoms with Crippen molar-refractivity contribution < 1.29 is 13.2 Å². The molecule has 0 saturated carbocycles. The van der Waals surface area contributed by atoms with Gasteiger partial charge in [0.05, 0.1) is 16.8 Å². The van der Waals surface area contributed by atoms with E-state index in [9.17, 15) is 13.2 Å². The molecule has 2 aromatic heterocycles. The van der Waals surface area contributed by atoms with E-state index in [0.29, 0.717) is 5.03 Å². The van der Waals surface area contributed by atoms with Crippen LogP contribution < -0.4 is 5.32 Å². The third kappa shape index (κ3) is 5.29. The molecule has 0 radical (unpaired) electrons. The summed E-state index contributed by atoms with van der Waals surface area (Å²) in [5.41, 5.74) is 0. The SMILES string of the molecule is CC(C)C(NC(=O)CSc1ccc(S(=O)(=O)N(C)C)cn1)c1cccs1. The van der Waals surface area contributed by atoms with Crippen molar-refractivity contribution in [3.05, 3.63) is 40.7 Å². The van der Waals surface area contributed by atoms with Crippen molar-refractivity contribution in [3.63, 3.8) is 0 Å². The number of aromatic nitrogens is 1. The van der Waals surface area contributed by atoms with Crippen molar-refractivity contribution in [3.8, 4) is 0 Å². The first-order chi connectivity index (χ1) is 12.2. The Morgan fingerprint density at radius 3 is 2.54 bits per heavy atom. The maximum atomic E-state index is 12.3. The zero-order valence-corrected chi connectivity index (χ0v) is 17.6. The summed E-state index contributed by atoms with van der Waals surface area (Å²) < 4.78 is 25.2. The first-order valence-electron chi connectivity index (χ1n) is 8.06. The van der Waals surface area contributed by atoms with Crippen molar-refractivity contribution in [2.75, 3.05) is 19.8 Å². The highest BCUT2D eigenvalue weighted by Gasteiger charge is 2.20. The van der Waals surface area contributed by atoms with E-state index in [0.717, 1.165) is 9.18 Å². The Morgan fingerprint density at radius 2 is 2.04 bits per heavy atom. The number of carbonyl (C=O) groups is 1. The van der Waals surface area contributed by atoms with Crippen LogP contribution in [-0.2, 0) is 14.8 Å². The van der Waals surface area contributed by atoms with Crippen molar-refractivity contribution in [1.29, 1.82) is 0 Å². The lowest BCUT2D eigenvalue weighted by Crippen LogP contribution is -2.32. The van der Waals surface area contributed by atoms with Crippen molar-refractivity contribution in [1.82, 2.24) is 14.6 Å². The molecule has 0 saturated heterocycles. The predicted octanol–water partition coefficient (Wildman–Crippen LogP) is 3.00. The number of nitrogens with zero attached hydrogens (tertiary/aromatic N) is 2. The monoisotopic (exact) mass is 413 g/mol. The minimum absolute atomic E-state index is 0.0105. The van der Waals surface area contributed by atoms with Crippen molar-refractivity contribution in [2.24, 2.45) is 5.92 Å². The smallest absolute Gasteiger partial charge is 0.244 e. The molecule has 0 aliphatic carbocycles. The lowest BCUT2D eigenvalue weighted by molar-refractivity contribution is -0.119. The molecule has 1 N–H and O–H groups in total. The summed E-state index contributed by atoms with van der Waals surface area (Å²) in [6.07, 6.45) is 1.32. The average Bonchev–Trinajstić information content (AvgIpc) is 3.12. The number of hydrogen-bond acceptors (Lipinski definition) is 6. The average molecular weight is 414 g/mol. The second kappa shape index (κ2) is 8.98. The molecular weight excluding hydrogens is 390 g/mol. The van der Waals surface area contributed by atoms with Gasteiger partial charge >= 0.3 is 0 Å². The molecule has 0 spiro atoms. The van der Waals surface area contributed by atoms with Gasteiger partial charge in [0.25, 0.3) is 0 Å². The minimum Gasteiger partial charge on any atom is -0.347 e. The fraction of sp³-hybridized carbons (Fsp3) is 0.412. The molecule has 0 aromatic carbocycles. The lowest BCUT2D eigenvalue weighted by atomic mass is 10.0. The highest BCUT2D eigenvalue weighted by atomic mass is 32.2. The Bertz CT molecular complexity index is 817. The normalized spacial score (nSPS) is 13.2. The fourth-order valence-electron chi connectivity index (χ4n) is 2.20. The third-order valence-corrected chi connectivity index (χ3v) is 7.37. The van der Waals surface area contributed by atoms with E-state index in [2.05, 4.69) is 24.1 Å². The summed E-state index contributed by atoms with van der Waals surface area (Å²) in [5, 5.41) is 5.67. The Balaban J connectivity index is 1.95. The van der Waals surface area contributed by atoms with Gasteiger partial charge in [0, 0.05) is 25.2 Å². The largest absolute Gasteiger partial charge is 0.347 e. The molecule has 1 amide bonds. The molecule has 6 nitrogen and oxygen atoms in total. The van der Waals surface area contributed by atoms with Crippen LogP contribution in [-0.4, -0.2) is 43.5 Å². The van der Waals surface area contributed by atoms with Crippen LogP contribution >= 0.6 is 23.1 Å². The Kier molecular flexibility index (Phi) is 7.22. The molecule has 9 heteroatoms. The van der Waals surface area contributed by atoms with E-state index in [-0.39, 0.29) is 28.5 Å². The van der Waals surface area contributed by atoms with E-state index >= 15 is 0 Å². The molecule has 0 aliphatic rings. The van der Waals surface area contributed by atoms with E-state index in [1.807, 2.05) is 17.5 Å². The molecule has 2 aromatic rings. The fourth-order valence-corrected chi connectivity index (χ4v) is 4.66. The summed E-state index contributed by atoms with van der Waals surface area (Å²) in [6.45, 7) is 4.15. The quantitative estimate of drug-likeness (QED) is 0.673. The van der Waals surface area contributed by atoms with Gasteiger partial charge < -0.3 is 5.32 Å². The second-order valence-corrected chi connectivity index (χ2v) is 10.3. The zero-order chi connectivity index (χ0) is 19.3. The van der Waals surface area contributed by atoms with Crippen LogP contribution in [0.4, 0.5) is 0 Å². The maximum absolute atomic E-state index is 12.3. The van der Waals surface area contributed by atoms with E-state index < -0.39 is 10.0 Å².